The largest absolute Gasteiger partial charge is 0.309 e. The minimum atomic E-state index is 0.180. The molecule has 1 aliphatic rings. The molecule has 1 atom stereocenters. The lowest BCUT2D eigenvalue weighted by Gasteiger charge is -2.17. The third-order valence-electron chi connectivity index (χ3n) is 13.4. The van der Waals surface area contributed by atoms with Crippen LogP contribution in [-0.2, 0) is 0 Å². The highest BCUT2D eigenvalue weighted by Gasteiger charge is 2.30. The van der Waals surface area contributed by atoms with Crippen molar-refractivity contribution in [3.8, 4) is 55.9 Å². The van der Waals surface area contributed by atoms with Crippen molar-refractivity contribution in [3.05, 3.63) is 253 Å². The molecule has 0 saturated carbocycles. The molecule has 0 radical (unpaired) electrons. The van der Waals surface area contributed by atoms with Crippen LogP contribution >= 0.6 is 0 Å². The Morgan fingerprint density at radius 2 is 0.794 bits per heavy atom. The summed E-state index contributed by atoms with van der Waals surface area (Å²) in [5, 5.41) is 5.02. The molecule has 2 heterocycles. The van der Waals surface area contributed by atoms with Gasteiger partial charge in [0.1, 0.15) is 0 Å². The lowest BCUT2D eigenvalue weighted by molar-refractivity contribution is 1.02. The summed E-state index contributed by atoms with van der Waals surface area (Å²) in [7, 11) is 0. The van der Waals surface area contributed by atoms with E-state index in [0.717, 1.165) is 5.69 Å². The van der Waals surface area contributed by atoms with Gasteiger partial charge in [0.15, 0.2) is 0 Å². The van der Waals surface area contributed by atoms with Crippen molar-refractivity contribution in [2.45, 2.75) is 5.92 Å². The average Bonchev–Trinajstić information content (AvgIpc) is 4.00. The molecule has 0 saturated heterocycles. The predicted molar refractivity (Wildman–Crippen MR) is 264 cm³/mol. The summed E-state index contributed by atoms with van der Waals surface area (Å²) in [6.45, 7) is 0. The Morgan fingerprint density at radius 1 is 0.270 bits per heavy atom. The molecule has 0 spiro atoms. The van der Waals surface area contributed by atoms with Crippen LogP contribution in [0.5, 0.6) is 0 Å². The van der Waals surface area contributed by atoms with E-state index in [1.807, 2.05) is 0 Å². The zero-order valence-corrected chi connectivity index (χ0v) is 34.5. The van der Waals surface area contributed by atoms with Crippen LogP contribution in [0.2, 0.25) is 0 Å². The summed E-state index contributed by atoms with van der Waals surface area (Å²) in [6, 6.07) is 87.2. The average molecular weight is 801 g/mol. The van der Waals surface area contributed by atoms with Gasteiger partial charge in [-0.05, 0) is 110 Å². The molecule has 12 aromatic rings. The first-order valence-corrected chi connectivity index (χ1v) is 21.9. The Morgan fingerprint density at radius 3 is 1.56 bits per heavy atom. The third kappa shape index (κ3) is 5.58. The molecule has 0 bridgehead atoms. The molecule has 2 aromatic heterocycles. The van der Waals surface area contributed by atoms with Crippen LogP contribution in [0.15, 0.2) is 237 Å². The quantitative estimate of drug-likeness (QED) is 0.159. The van der Waals surface area contributed by atoms with Gasteiger partial charge in [0.2, 0.25) is 0 Å². The van der Waals surface area contributed by atoms with E-state index < -0.39 is 0 Å². The molecule has 0 unspecified atom stereocenters. The van der Waals surface area contributed by atoms with Gasteiger partial charge in [-0.25, -0.2) is 0 Å². The van der Waals surface area contributed by atoms with Gasteiger partial charge in [0.25, 0.3) is 0 Å². The molecule has 2 nitrogen and oxygen atoms in total. The highest BCUT2D eigenvalue weighted by Crippen LogP contribution is 2.50. The van der Waals surface area contributed by atoms with Crippen LogP contribution in [0.3, 0.4) is 0 Å². The molecular formula is C61H40N2. The van der Waals surface area contributed by atoms with Crippen LogP contribution in [0.1, 0.15) is 22.6 Å². The Kier molecular flexibility index (Phi) is 8.01. The van der Waals surface area contributed by atoms with E-state index in [-0.39, 0.29) is 5.92 Å². The number of rotatable bonds is 6. The minimum absolute atomic E-state index is 0.180. The second kappa shape index (κ2) is 14.2. The molecule has 0 N–H and O–H groups in total. The van der Waals surface area contributed by atoms with Gasteiger partial charge < -0.3 is 9.13 Å². The summed E-state index contributed by atoms with van der Waals surface area (Å²) in [5.41, 5.74) is 21.1. The third-order valence-corrected chi connectivity index (χ3v) is 13.4. The normalized spacial score (nSPS) is 13.2. The van der Waals surface area contributed by atoms with Crippen molar-refractivity contribution >= 4 is 43.6 Å². The number of fused-ring (bicyclic) bond motifs is 9. The van der Waals surface area contributed by atoms with Gasteiger partial charge in [-0.2, -0.15) is 0 Å². The Labute approximate surface area is 366 Å². The van der Waals surface area contributed by atoms with Crippen LogP contribution < -0.4 is 0 Å². The fourth-order valence-electron chi connectivity index (χ4n) is 10.6. The maximum Gasteiger partial charge on any atom is 0.0541 e. The highest BCUT2D eigenvalue weighted by molar-refractivity contribution is 6.12. The molecule has 10 aromatic carbocycles. The Balaban J connectivity index is 0.915. The first kappa shape index (κ1) is 35.5. The van der Waals surface area contributed by atoms with Crippen LogP contribution in [0.25, 0.3) is 99.5 Å². The zero-order valence-electron chi connectivity index (χ0n) is 34.5. The van der Waals surface area contributed by atoms with Gasteiger partial charge in [-0.15, -0.1) is 0 Å². The van der Waals surface area contributed by atoms with Crippen LogP contribution in [0.4, 0.5) is 0 Å². The number of hydrogen-bond donors (Lipinski definition) is 0. The molecule has 0 aliphatic heterocycles. The van der Waals surface area contributed by atoms with E-state index >= 15 is 0 Å². The van der Waals surface area contributed by atoms with Crippen molar-refractivity contribution in [2.75, 3.05) is 0 Å². The summed E-state index contributed by atoms with van der Waals surface area (Å²) in [5.74, 6) is 0.180. The lowest BCUT2D eigenvalue weighted by Crippen LogP contribution is -2.00. The van der Waals surface area contributed by atoms with Crippen molar-refractivity contribution in [3.63, 3.8) is 0 Å². The van der Waals surface area contributed by atoms with E-state index in [0.29, 0.717) is 0 Å². The second-order valence-corrected chi connectivity index (χ2v) is 16.8. The molecule has 63 heavy (non-hydrogen) atoms. The number of aromatic nitrogens is 2. The molecule has 0 amide bonds. The zero-order chi connectivity index (χ0) is 41.4. The van der Waals surface area contributed by atoms with Crippen LogP contribution in [0, 0.1) is 0 Å². The van der Waals surface area contributed by atoms with E-state index in [1.54, 1.807) is 0 Å². The Hall–Kier alpha value is -8.20. The molecule has 0 fully saturated rings. The number of para-hydroxylation sites is 4. The van der Waals surface area contributed by atoms with Crippen molar-refractivity contribution in [2.24, 2.45) is 0 Å². The summed E-state index contributed by atoms with van der Waals surface area (Å²) >= 11 is 0. The smallest absolute Gasteiger partial charge is 0.0541 e. The van der Waals surface area contributed by atoms with Gasteiger partial charge in [0.05, 0.1) is 27.8 Å². The monoisotopic (exact) mass is 800 g/mol. The minimum Gasteiger partial charge on any atom is -0.309 e. The summed E-state index contributed by atoms with van der Waals surface area (Å²) < 4.78 is 4.87. The molecule has 2 heteroatoms. The molecule has 13 rings (SSSR count). The van der Waals surface area contributed by atoms with Gasteiger partial charge >= 0.3 is 0 Å². The standard InChI is InChI=1S/C61H40N2/c1-2-15-40(16-3-1)41-29-31-42(32-30-41)61-52-24-5-4-20-48(52)54-39-45(33-35-53(54)61)47-19-6-10-25-56(47)63-59-28-13-9-23-51(59)55-38-44(34-36-60(55)63)43-17-14-18-46(37-43)62-57-26-11-7-21-49(57)50-22-8-12-27-58(50)62/h1-39,61H/t61-/m0/s1. The van der Waals surface area contributed by atoms with E-state index in [9.17, 15) is 0 Å². The van der Waals surface area contributed by atoms with Gasteiger partial charge in [-0.3, -0.25) is 0 Å². The lowest BCUT2D eigenvalue weighted by atomic mass is 9.88. The summed E-state index contributed by atoms with van der Waals surface area (Å²) in [6.07, 6.45) is 0. The van der Waals surface area contributed by atoms with E-state index in [1.165, 1.54) is 110 Å². The van der Waals surface area contributed by atoms with Crippen molar-refractivity contribution in [1.29, 1.82) is 0 Å². The van der Waals surface area contributed by atoms with E-state index in [2.05, 4.69) is 246 Å². The number of hydrogen-bond acceptors (Lipinski definition) is 0. The van der Waals surface area contributed by atoms with Gasteiger partial charge in [0, 0.05) is 38.7 Å². The molecular weight excluding hydrogens is 761 g/mol. The first-order chi connectivity index (χ1) is 31.3. The first-order valence-electron chi connectivity index (χ1n) is 21.9. The van der Waals surface area contributed by atoms with Gasteiger partial charge in [-0.1, -0.05) is 182 Å². The predicted octanol–water partition coefficient (Wildman–Crippen LogP) is 16.0. The summed E-state index contributed by atoms with van der Waals surface area (Å²) in [4.78, 5) is 0. The Bertz CT molecular complexity index is 3680. The number of nitrogens with zero attached hydrogens (tertiary/aromatic N) is 2. The highest BCUT2D eigenvalue weighted by atomic mass is 15.0. The fourth-order valence-corrected chi connectivity index (χ4v) is 10.6. The van der Waals surface area contributed by atoms with Crippen LogP contribution in [-0.4, -0.2) is 9.13 Å². The maximum atomic E-state index is 2.47. The SMILES string of the molecule is c1ccc(-c2ccc([C@H]3c4ccccc4-c4cc(-c5ccccc5-n5c6ccccc6c6cc(-c7cccc(-n8c9ccccc9c9ccccc98)c7)ccc65)ccc43)cc2)cc1. The fraction of sp³-hybridized carbons (Fsp3) is 0.0164. The van der Waals surface area contributed by atoms with E-state index in [4.69, 9.17) is 0 Å². The molecule has 294 valence electrons. The molecule has 1 aliphatic carbocycles. The van der Waals surface area contributed by atoms with Crippen molar-refractivity contribution in [1.82, 2.24) is 9.13 Å². The van der Waals surface area contributed by atoms with Crippen molar-refractivity contribution < 1.29 is 0 Å². The maximum absolute atomic E-state index is 2.47. The number of benzene rings is 10. The topological polar surface area (TPSA) is 9.86 Å². The second-order valence-electron chi connectivity index (χ2n) is 16.8.